The third kappa shape index (κ3) is 3.90. The maximum atomic E-state index is 12.4. The number of carbonyl (C=O) groups excluding carboxylic acids is 1. The van der Waals surface area contributed by atoms with Crippen LogP contribution >= 0.6 is 11.8 Å². The van der Waals surface area contributed by atoms with Gasteiger partial charge in [0.05, 0.1) is 24.4 Å². The second-order valence-corrected chi connectivity index (χ2v) is 6.54. The van der Waals surface area contributed by atoms with E-state index in [1.54, 1.807) is 29.9 Å². The van der Waals surface area contributed by atoms with Gasteiger partial charge in [0, 0.05) is 20.6 Å². The van der Waals surface area contributed by atoms with Gasteiger partial charge in [0.2, 0.25) is 5.91 Å². The van der Waals surface area contributed by atoms with Crippen LogP contribution in [0.4, 0.5) is 0 Å². The quantitative estimate of drug-likeness (QED) is 0.497. The van der Waals surface area contributed by atoms with Gasteiger partial charge in [0.15, 0.2) is 5.65 Å². The maximum Gasteiger partial charge on any atom is 0.233 e. The number of nitrogens with zero attached hydrogens (tertiary/aromatic N) is 5. The second-order valence-electron chi connectivity index (χ2n) is 5.57. The van der Waals surface area contributed by atoms with Crippen LogP contribution in [0.5, 0.6) is 5.75 Å². The zero-order valence-corrected chi connectivity index (χ0v) is 15.2. The summed E-state index contributed by atoms with van der Waals surface area (Å²) in [6.07, 6.45) is 3.22. The summed E-state index contributed by atoms with van der Waals surface area (Å²) in [5.41, 5.74) is 1.78. The number of aryl methyl sites for hydroxylation is 1. The van der Waals surface area contributed by atoms with E-state index in [1.807, 2.05) is 31.3 Å². The van der Waals surface area contributed by atoms with E-state index in [-0.39, 0.29) is 5.91 Å². The number of aromatic nitrogens is 4. The molecular formula is C17H19N5O2S. The molecule has 0 saturated carbocycles. The van der Waals surface area contributed by atoms with Gasteiger partial charge in [-0.1, -0.05) is 23.9 Å². The first-order valence-corrected chi connectivity index (χ1v) is 8.69. The van der Waals surface area contributed by atoms with E-state index in [0.717, 1.165) is 27.4 Å². The number of thioether (sulfide) groups is 1. The molecule has 0 fully saturated rings. The SMILES string of the molecule is COc1cccc(CN(C)C(=O)CSc2ncnc3c2cnn3C)c1. The minimum Gasteiger partial charge on any atom is -0.497 e. The summed E-state index contributed by atoms with van der Waals surface area (Å²) in [4.78, 5) is 22.6. The van der Waals surface area contributed by atoms with Gasteiger partial charge in [0.1, 0.15) is 17.1 Å². The van der Waals surface area contributed by atoms with E-state index in [1.165, 1.54) is 18.1 Å². The van der Waals surface area contributed by atoms with Crippen molar-refractivity contribution in [3.8, 4) is 5.75 Å². The van der Waals surface area contributed by atoms with Crippen LogP contribution in [0, 0.1) is 0 Å². The van der Waals surface area contributed by atoms with Gasteiger partial charge in [0.25, 0.3) is 0 Å². The summed E-state index contributed by atoms with van der Waals surface area (Å²) in [7, 11) is 5.25. The topological polar surface area (TPSA) is 73.1 Å². The van der Waals surface area contributed by atoms with Gasteiger partial charge in [-0.15, -0.1) is 0 Å². The number of methoxy groups -OCH3 is 1. The largest absolute Gasteiger partial charge is 0.497 e. The molecule has 130 valence electrons. The fourth-order valence-electron chi connectivity index (χ4n) is 2.43. The Morgan fingerprint density at radius 2 is 2.20 bits per heavy atom. The standard InChI is InChI=1S/C17H19N5O2S/c1-21(9-12-5-4-6-13(7-12)24-3)15(23)10-25-17-14-8-20-22(2)16(14)18-11-19-17/h4-8,11H,9-10H2,1-3H3. The summed E-state index contributed by atoms with van der Waals surface area (Å²) in [6.45, 7) is 0.530. The third-order valence-electron chi connectivity index (χ3n) is 3.80. The molecule has 0 aliphatic carbocycles. The molecule has 0 spiro atoms. The van der Waals surface area contributed by atoms with Gasteiger partial charge in [-0.2, -0.15) is 5.10 Å². The first kappa shape index (κ1) is 17.2. The summed E-state index contributed by atoms with van der Waals surface area (Å²) < 4.78 is 6.91. The predicted octanol–water partition coefficient (Wildman–Crippen LogP) is 2.12. The number of ether oxygens (including phenoxy) is 1. The summed E-state index contributed by atoms with van der Waals surface area (Å²) in [5.74, 6) is 1.12. The van der Waals surface area contributed by atoms with Crippen LogP contribution < -0.4 is 4.74 Å². The van der Waals surface area contributed by atoms with Crippen LogP contribution in [0.3, 0.4) is 0 Å². The van der Waals surface area contributed by atoms with Crippen molar-refractivity contribution in [2.45, 2.75) is 11.6 Å². The third-order valence-corrected chi connectivity index (χ3v) is 4.79. The van der Waals surface area contributed by atoms with Crippen LogP contribution in [-0.4, -0.2) is 50.5 Å². The van der Waals surface area contributed by atoms with Crippen LogP contribution in [0.25, 0.3) is 11.0 Å². The molecule has 2 heterocycles. The van der Waals surface area contributed by atoms with Crippen molar-refractivity contribution in [3.05, 3.63) is 42.4 Å². The molecule has 3 aromatic rings. The molecule has 0 N–H and O–H groups in total. The van der Waals surface area contributed by atoms with Crippen LogP contribution in [0.2, 0.25) is 0 Å². The van der Waals surface area contributed by atoms with Gasteiger partial charge in [-0.3, -0.25) is 9.48 Å². The van der Waals surface area contributed by atoms with Crippen molar-refractivity contribution < 1.29 is 9.53 Å². The lowest BCUT2D eigenvalue weighted by Crippen LogP contribution is -2.27. The number of rotatable bonds is 6. The average molecular weight is 357 g/mol. The number of benzene rings is 1. The van der Waals surface area contributed by atoms with E-state index >= 15 is 0 Å². The van der Waals surface area contributed by atoms with E-state index < -0.39 is 0 Å². The van der Waals surface area contributed by atoms with Crippen molar-refractivity contribution in [2.75, 3.05) is 19.9 Å². The normalized spacial score (nSPS) is 10.8. The van der Waals surface area contributed by atoms with Crippen LogP contribution in [0.1, 0.15) is 5.56 Å². The molecule has 0 saturated heterocycles. The highest BCUT2D eigenvalue weighted by Gasteiger charge is 2.14. The molecular weight excluding hydrogens is 338 g/mol. The van der Waals surface area contributed by atoms with E-state index in [4.69, 9.17) is 4.74 Å². The number of carbonyl (C=O) groups is 1. The van der Waals surface area contributed by atoms with E-state index in [0.29, 0.717) is 12.3 Å². The van der Waals surface area contributed by atoms with Gasteiger partial charge < -0.3 is 9.64 Å². The van der Waals surface area contributed by atoms with Crippen molar-refractivity contribution in [1.82, 2.24) is 24.6 Å². The number of fused-ring (bicyclic) bond motifs is 1. The Morgan fingerprint density at radius 3 is 3.00 bits per heavy atom. The van der Waals surface area contributed by atoms with Crippen molar-refractivity contribution in [1.29, 1.82) is 0 Å². The second kappa shape index (κ2) is 7.52. The average Bonchev–Trinajstić information content (AvgIpc) is 3.01. The highest BCUT2D eigenvalue weighted by atomic mass is 32.2. The van der Waals surface area contributed by atoms with Gasteiger partial charge in [-0.25, -0.2) is 9.97 Å². The van der Waals surface area contributed by atoms with Crippen LogP contribution in [0.15, 0.2) is 41.8 Å². The minimum absolute atomic E-state index is 0.0310. The lowest BCUT2D eigenvalue weighted by Gasteiger charge is -2.17. The molecule has 0 radical (unpaired) electrons. The monoisotopic (exact) mass is 357 g/mol. The van der Waals surface area contributed by atoms with Crippen molar-refractivity contribution in [3.63, 3.8) is 0 Å². The molecule has 0 atom stereocenters. The molecule has 0 bridgehead atoms. The Kier molecular flexibility index (Phi) is 5.18. The molecule has 1 aromatic carbocycles. The Balaban J connectivity index is 1.63. The Hall–Kier alpha value is -2.61. The Bertz CT molecular complexity index is 896. The minimum atomic E-state index is 0.0310. The molecule has 8 heteroatoms. The molecule has 1 amide bonds. The fourth-order valence-corrected chi connectivity index (χ4v) is 3.33. The van der Waals surface area contributed by atoms with Crippen molar-refractivity contribution >= 4 is 28.7 Å². The van der Waals surface area contributed by atoms with Crippen LogP contribution in [-0.2, 0) is 18.4 Å². The first-order chi connectivity index (χ1) is 12.1. The van der Waals surface area contributed by atoms with Crippen molar-refractivity contribution in [2.24, 2.45) is 7.05 Å². The molecule has 0 unspecified atom stereocenters. The smallest absolute Gasteiger partial charge is 0.233 e. The zero-order chi connectivity index (χ0) is 17.8. The molecule has 0 aliphatic rings. The summed E-state index contributed by atoms with van der Waals surface area (Å²) >= 11 is 1.40. The molecule has 0 aliphatic heterocycles. The lowest BCUT2D eigenvalue weighted by atomic mass is 10.2. The van der Waals surface area contributed by atoms with E-state index in [2.05, 4.69) is 15.1 Å². The van der Waals surface area contributed by atoms with E-state index in [9.17, 15) is 4.79 Å². The van der Waals surface area contributed by atoms with Gasteiger partial charge >= 0.3 is 0 Å². The summed E-state index contributed by atoms with van der Waals surface area (Å²) in [6, 6.07) is 7.71. The lowest BCUT2D eigenvalue weighted by molar-refractivity contribution is -0.127. The first-order valence-electron chi connectivity index (χ1n) is 7.71. The highest BCUT2D eigenvalue weighted by molar-refractivity contribution is 8.00. The molecule has 2 aromatic heterocycles. The molecule has 7 nitrogen and oxygen atoms in total. The zero-order valence-electron chi connectivity index (χ0n) is 14.3. The predicted molar refractivity (Wildman–Crippen MR) is 96.5 cm³/mol. The maximum absolute atomic E-state index is 12.4. The molecule has 25 heavy (non-hydrogen) atoms. The summed E-state index contributed by atoms with van der Waals surface area (Å²) in [5, 5.41) is 5.81. The highest BCUT2D eigenvalue weighted by Crippen LogP contribution is 2.24. The Morgan fingerprint density at radius 1 is 1.36 bits per heavy atom. The Labute approximate surface area is 150 Å². The number of amides is 1. The van der Waals surface area contributed by atoms with Gasteiger partial charge in [-0.05, 0) is 17.7 Å². The number of hydrogen-bond donors (Lipinski definition) is 0. The molecule has 3 rings (SSSR count). The number of hydrogen-bond acceptors (Lipinski definition) is 6. The fraction of sp³-hybridized carbons (Fsp3) is 0.294.